The Balaban J connectivity index is 2.23. The SMILES string of the molecule is COC(=O)c1cc(N)cc(Cl)c1NCC1(OC)CCC1. The Kier molecular flexibility index (Phi) is 4.40. The van der Waals surface area contributed by atoms with Gasteiger partial charge < -0.3 is 20.5 Å². The number of benzene rings is 1. The molecule has 0 atom stereocenters. The van der Waals surface area contributed by atoms with Crippen LogP contribution in [0.4, 0.5) is 11.4 Å². The molecule has 0 saturated heterocycles. The lowest BCUT2D eigenvalue weighted by molar-refractivity contribution is -0.0601. The van der Waals surface area contributed by atoms with Gasteiger partial charge in [-0.3, -0.25) is 0 Å². The van der Waals surface area contributed by atoms with Crippen LogP contribution in [-0.2, 0) is 9.47 Å². The summed E-state index contributed by atoms with van der Waals surface area (Å²) in [6.07, 6.45) is 3.14. The van der Waals surface area contributed by atoms with Crippen molar-refractivity contribution in [1.29, 1.82) is 0 Å². The van der Waals surface area contributed by atoms with Gasteiger partial charge in [-0.2, -0.15) is 0 Å². The molecule has 6 heteroatoms. The van der Waals surface area contributed by atoms with Crippen LogP contribution in [0.5, 0.6) is 0 Å². The zero-order chi connectivity index (χ0) is 14.8. The molecule has 0 spiro atoms. The fraction of sp³-hybridized carbons (Fsp3) is 0.500. The molecule has 0 aromatic heterocycles. The van der Waals surface area contributed by atoms with Crippen LogP contribution in [0, 0.1) is 0 Å². The van der Waals surface area contributed by atoms with Crippen molar-refractivity contribution in [3.63, 3.8) is 0 Å². The normalized spacial score (nSPS) is 16.4. The molecular formula is C14H19ClN2O3. The first-order chi connectivity index (χ1) is 9.51. The van der Waals surface area contributed by atoms with Gasteiger partial charge in [-0.15, -0.1) is 0 Å². The zero-order valence-electron chi connectivity index (χ0n) is 11.7. The van der Waals surface area contributed by atoms with E-state index in [2.05, 4.69) is 5.32 Å². The molecule has 0 unspecified atom stereocenters. The van der Waals surface area contributed by atoms with Gasteiger partial charge >= 0.3 is 5.97 Å². The molecule has 0 aliphatic heterocycles. The van der Waals surface area contributed by atoms with Gasteiger partial charge in [0.25, 0.3) is 0 Å². The fourth-order valence-corrected chi connectivity index (χ4v) is 2.65. The maximum atomic E-state index is 11.8. The number of rotatable bonds is 5. The van der Waals surface area contributed by atoms with Gasteiger partial charge in [0.15, 0.2) is 0 Å². The minimum Gasteiger partial charge on any atom is -0.465 e. The number of nitrogens with one attached hydrogen (secondary N) is 1. The molecule has 0 heterocycles. The number of nitrogen functional groups attached to an aromatic ring is 1. The second-order valence-corrected chi connectivity index (χ2v) is 5.42. The van der Waals surface area contributed by atoms with Crippen molar-refractivity contribution in [1.82, 2.24) is 0 Å². The van der Waals surface area contributed by atoms with Gasteiger partial charge in [0.05, 0.1) is 29.0 Å². The number of ether oxygens (including phenoxy) is 2. The summed E-state index contributed by atoms with van der Waals surface area (Å²) in [5.41, 5.74) is 6.85. The molecule has 1 aromatic carbocycles. The molecule has 0 amide bonds. The Hall–Kier alpha value is -1.46. The van der Waals surface area contributed by atoms with Gasteiger partial charge in [0.1, 0.15) is 0 Å². The number of hydrogen-bond donors (Lipinski definition) is 2. The molecule has 2 rings (SSSR count). The van der Waals surface area contributed by atoms with Gasteiger partial charge in [-0.25, -0.2) is 4.79 Å². The molecule has 20 heavy (non-hydrogen) atoms. The third-order valence-electron chi connectivity index (χ3n) is 3.80. The van der Waals surface area contributed by atoms with E-state index in [0.717, 1.165) is 19.3 Å². The molecule has 110 valence electrons. The highest BCUT2D eigenvalue weighted by Crippen LogP contribution is 2.37. The Morgan fingerprint density at radius 3 is 2.65 bits per heavy atom. The molecule has 1 saturated carbocycles. The van der Waals surface area contributed by atoms with E-state index in [1.807, 2.05) is 0 Å². The summed E-state index contributed by atoms with van der Waals surface area (Å²) in [5.74, 6) is -0.471. The van der Waals surface area contributed by atoms with Gasteiger partial charge in [-0.1, -0.05) is 11.6 Å². The summed E-state index contributed by atoms with van der Waals surface area (Å²) in [4.78, 5) is 11.8. The van der Waals surface area contributed by atoms with E-state index in [0.29, 0.717) is 28.5 Å². The summed E-state index contributed by atoms with van der Waals surface area (Å²) in [7, 11) is 3.03. The summed E-state index contributed by atoms with van der Waals surface area (Å²) < 4.78 is 10.3. The Labute approximate surface area is 123 Å². The first-order valence-electron chi connectivity index (χ1n) is 6.48. The maximum Gasteiger partial charge on any atom is 0.340 e. The largest absolute Gasteiger partial charge is 0.465 e. The minimum atomic E-state index is -0.471. The number of carbonyl (C=O) groups excluding carboxylic acids is 1. The highest BCUT2D eigenvalue weighted by molar-refractivity contribution is 6.34. The van der Waals surface area contributed by atoms with E-state index < -0.39 is 5.97 Å². The van der Waals surface area contributed by atoms with Crippen molar-refractivity contribution >= 4 is 28.9 Å². The molecule has 1 fully saturated rings. The number of methoxy groups -OCH3 is 2. The maximum absolute atomic E-state index is 11.8. The highest BCUT2D eigenvalue weighted by atomic mass is 35.5. The molecule has 1 aliphatic carbocycles. The van der Waals surface area contributed by atoms with Crippen LogP contribution in [-0.4, -0.2) is 32.3 Å². The van der Waals surface area contributed by atoms with Crippen molar-refractivity contribution in [3.05, 3.63) is 22.7 Å². The third kappa shape index (κ3) is 2.83. The number of esters is 1. The fourth-order valence-electron chi connectivity index (χ4n) is 2.35. The molecular weight excluding hydrogens is 280 g/mol. The predicted molar refractivity (Wildman–Crippen MR) is 79.3 cm³/mol. The third-order valence-corrected chi connectivity index (χ3v) is 4.10. The Morgan fingerprint density at radius 1 is 1.45 bits per heavy atom. The van der Waals surface area contributed by atoms with E-state index in [9.17, 15) is 4.79 Å². The van der Waals surface area contributed by atoms with Crippen LogP contribution in [0.1, 0.15) is 29.6 Å². The standard InChI is InChI=1S/C14H19ClN2O3/c1-19-13(18)10-6-9(16)7-11(15)12(10)17-8-14(20-2)4-3-5-14/h6-7,17H,3-5,8,16H2,1-2H3. The van der Waals surface area contributed by atoms with Crippen molar-refractivity contribution in [2.45, 2.75) is 24.9 Å². The van der Waals surface area contributed by atoms with E-state index in [4.69, 9.17) is 26.8 Å². The quantitative estimate of drug-likeness (QED) is 0.646. The number of nitrogens with two attached hydrogens (primary N) is 1. The van der Waals surface area contributed by atoms with Crippen LogP contribution in [0.3, 0.4) is 0 Å². The second-order valence-electron chi connectivity index (χ2n) is 5.01. The van der Waals surface area contributed by atoms with E-state index >= 15 is 0 Å². The van der Waals surface area contributed by atoms with E-state index in [-0.39, 0.29) is 5.60 Å². The average molecular weight is 299 g/mol. The average Bonchev–Trinajstić information content (AvgIpc) is 2.38. The van der Waals surface area contributed by atoms with Crippen molar-refractivity contribution in [2.24, 2.45) is 0 Å². The molecule has 1 aromatic rings. The molecule has 0 bridgehead atoms. The van der Waals surface area contributed by atoms with Crippen LogP contribution in [0.25, 0.3) is 0 Å². The van der Waals surface area contributed by atoms with Crippen LogP contribution in [0.2, 0.25) is 5.02 Å². The van der Waals surface area contributed by atoms with Crippen molar-refractivity contribution < 1.29 is 14.3 Å². The summed E-state index contributed by atoms with van der Waals surface area (Å²) in [6, 6.07) is 3.16. The van der Waals surface area contributed by atoms with E-state index in [1.54, 1.807) is 19.2 Å². The Morgan fingerprint density at radius 2 is 2.15 bits per heavy atom. The van der Waals surface area contributed by atoms with Gasteiger partial charge in [0.2, 0.25) is 0 Å². The van der Waals surface area contributed by atoms with Crippen LogP contribution in [0.15, 0.2) is 12.1 Å². The summed E-state index contributed by atoms with van der Waals surface area (Å²) in [6.45, 7) is 0.594. The monoisotopic (exact) mass is 298 g/mol. The lowest BCUT2D eigenvalue weighted by Crippen LogP contribution is -2.45. The molecule has 5 nitrogen and oxygen atoms in total. The van der Waals surface area contributed by atoms with E-state index in [1.165, 1.54) is 7.11 Å². The number of hydrogen-bond acceptors (Lipinski definition) is 5. The topological polar surface area (TPSA) is 73.6 Å². The summed E-state index contributed by atoms with van der Waals surface area (Å²) >= 11 is 6.18. The zero-order valence-corrected chi connectivity index (χ0v) is 12.4. The lowest BCUT2D eigenvalue weighted by Gasteiger charge is -2.41. The van der Waals surface area contributed by atoms with Crippen molar-refractivity contribution in [2.75, 3.05) is 31.8 Å². The first-order valence-corrected chi connectivity index (χ1v) is 6.85. The van der Waals surface area contributed by atoms with Gasteiger partial charge in [-0.05, 0) is 31.4 Å². The van der Waals surface area contributed by atoms with Gasteiger partial charge in [0, 0.05) is 19.3 Å². The minimum absolute atomic E-state index is 0.169. The predicted octanol–water partition coefficient (Wildman–Crippen LogP) is 2.69. The van der Waals surface area contributed by atoms with Crippen LogP contribution >= 0.6 is 11.6 Å². The molecule has 1 aliphatic rings. The first kappa shape index (κ1) is 14.9. The Bertz CT molecular complexity index is 510. The number of halogens is 1. The van der Waals surface area contributed by atoms with Crippen LogP contribution < -0.4 is 11.1 Å². The molecule has 0 radical (unpaired) electrons. The smallest absolute Gasteiger partial charge is 0.340 e. The second kappa shape index (κ2) is 5.89. The number of carbonyl (C=O) groups is 1. The summed E-state index contributed by atoms with van der Waals surface area (Å²) in [5, 5.41) is 3.60. The number of anilines is 2. The highest BCUT2D eigenvalue weighted by Gasteiger charge is 2.37. The van der Waals surface area contributed by atoms with Crippen molar-refractivity contribution in [3.8, 4) is 0 Å². The molecule has 3 N–H and O–H groups in total. The lowest BCUT2D eigenvalue weighted by atomic mass is 9.80.